The maximum Gasteiger partial charge on any atom is 0.407 e. The lowest BCUT2D eigenvalue weighted by Crippen LogP contribution is -2.37. The molecule has 1 aliphatic carbocycles. The van der Waals surface area contributed by atoms with Crippen molar-refractivity contribution in [3.05, 3.63) is 24.2 Å². The van der Waals surface area contributed by atoms with Crippen LogP contribution in [0.25, 0.3) is 0 Å². The van der Waals surface area contributed by atoms with Gasteiger partial charge in [0.15, 0.2) is 0 Å². The molecule has 2 rings (SSSR count). The highest BCUT2D eigenvalue weighted by atomic mass is 16.6. The first-order valence-electron chi connectivity index (χ1n) is 6.64. The predicted octanol–water partition coefficient (Wildman–Crippen LogP) is 2.60. The van der Waals surface area contributed by atoms with E-state index in [2.05, 4.69) is 10.6 Å². The van der Waals surface area contributed by atoms with Crippen molar-refractivity contribution in [1.82, 2.24) is 10.6 Å². The Morgan fingerprint density at radius 2 is 2.21 bits per heavy atom. The number of rotatable bonds is 4. The lowest BCUT2D eigenvalue weighted by atomic mass is 10.2. The molecule has 3 unspecified atom stereocenters. The lowest BCUT2D eigenvalue weighted by Gasteiger charge is -2.20. The summed E-state index contributed by atoms with van der Waals surface area (Å²) in [5, 5.41) is 6.27. The monoisotopic (exact) mass is 266 g/mol. The highest BCUT2D eigenvalue weighted by Gasteiger charge is 2.40. The lowest BCUT2D eigenvalue weighted by molar-refractivity contribution is 0.0522. The summed E-state index contributed by atoms with van der Waals surface area (Å²) in [6, 6.07) is 4.39. The van der Waals surface area contributed by atoms with Crippen LogP contribution < -0.4 is 10.6 Å². The van der Waals surface area contributed by atoms with Crippen molar-refractivity contribution in [2.45, 2.75) is 57.8 Å². The number of ether oxygens (including phenoxy) is 1. The Morgan fingerprint density at radius 3 is 2.79 bits per heavy atom. The van der Waals surface area contributed by atoms with Crippen molar-refractivity contribution in [2.75, 3.05) is 0 Å². The molecule has 0 bridgehead atoms. The number of nitrogens with one attached hydrogen (secondary N) is 2. The summed E-state index contributed by atoms with van der Waals surface area (Å²) in [7, 11) is 0. The molecule has 0 radical (unpaired) electrons. The SMILES string of the molecule is CC(NC1CC1NC(=O)OC(C)(C)C)c1ccco1. The molecule has 1 aromatic rings. The summed E-state index contributed by atoms with van der Waals surface area (Å²) < 4.78 is 10.5. The van der Waals surface area contributed by atoms with Gasteiger partial charge in [-0.2, -0.15) is 0 Å². The maximum absolute atomic E-state index is 11.6. The van der Waals surface area contributed by atoms with E-state index in [1.807, 2.05) is 39.8 Å². The molecule has 2 N–H and O–H groups in total. The summed E-state index contributed by atoms with van der Waals surface area (Å²) in [6.45, 7) is 7.61. The second kappa shape index (κ2) is 5.25. The van der Waals surface area contributed by atoms with Crippen molar-refractivity contribution < 1.29 is 13.9 Å². The van der Waals surface area contributed by atoms with Crippen molar-refractivity contribution in [1.29, 1.82) is 0 Å². The van der Waals surface area contributed by atoms with Gasteiger partial charge in [-0.15, -0.1) is 0 Å². The molecule has 1 aliphatic rings. The smallest absolute Gasteiger partial charge is 0.407 e. The van der Waals surface area contributed by atoms with Gasteiger partial charge in [0, 0.05) is 12.1 Å². The minimum atomic E-state index is -0.455. The van der Waals surface area contributed by atoms with E-state index in [9.17, 15) is 4.79 Å². The molecule has 1 heterocycles. The zero-order valence-electron chi connectivity index (χ0n) is 11.9. The van der Waals surface area contributed by atoms with Crippen molar-refractivity contribution in [3.63, 3.8) is 0 Å². The summed E-state index contributed by atoms with van der Waals surface area (Å²) in [5.41, 5.74) is -0.455. The topological polar surface area (TPSA) is 63.5 Å². The molecule has 0 saturated heterocycles. The average Bonchev–Trinajstić information content (AvgIpc) is 2.80. The normalized spacial score (nSPS) is 23.8. The van der Waals surface area contributed by atoms with Gasteiger partial charge in [-0.25, -0.2) is 4.79 Å². The van der Waals surface area contributed by atoms with E-state index < -0.39 is 5.60 Å². The number of furan rings is 1. The van der Waals surface area contributed by atoms with Crippen molar-refractivity contribution >= 4 is 6.09 Å². The Morgan fingerprint density at radius 1 is 1.47 bits per heavy atom. The fourth-order valence-corrected chi connectivity index (χ4v) is 1.94. The summed E-state index contributed by atoms with van der Waals surface area (Å²) in [6.07, 6.45) is 2.23. The standard InChI is InChI=1S/C14H22N2O3/c1-9(12-6-5-7-18-12)15-10-8-11(10)16-13(17)19-14(2,3)4/h5-7,9-11,15H,8H2,1-4H3,(H,16,17). The Labute approximate surface area is 113 Å². The number of hydrogen-bond acceptors (Lipinski definition) is 4. The molecule has 1 aromatic heterocycles. The quantitative estimate of drug-likeness (QED) is 0.879. The van der Waals surface area contributed by atoms with Crippen LogP contribution in [0.2, 0.25) is 0 Å². The van der Waals surface area contributed by atoms with Gasteiger partial charge in [0.2, 0.25) is 0 Å². The molecule has 0 spiro atoms. The average molecular weight is 266 g/mol. The van der Waals surface area contributed by atoms with E-state index in [0.29, 0.717) is 0 Å². The molecular weight excluding hydrogens is 244 g/mol. The number of amides is 1. The van der Waals surface area contributed by atoms with Crippen LogP contribution in [0.4, 0.5) is 4.79 Å². The van der Waals surface area contributed by atoms with Crippen LogP contribution in [0.5, 0.6) is 0 Å². The van der Waals surface area contributed by atoms with Crippen LogP contribution in [0, 0.1) is 0 Å². The van der Waals surface area contributed by atoms with Crippen LogP contribution in [-0.4, -0.2) is 23.8 Å². The molecule has 0 aromatic carbocycles. The second-order valence-electron chi connectivity index (χ2n) is 6.00. The molecule has 1 amide bonds. The first-order valence-corrected chi connectivity index (χ1v) is 6.64. The van der Waals surface area contributed by atoms with Gasteiger partial charge in [0.05, 0.1) is 12.3 Å². The first kappa shape index (κ1) is 13.9. The molecule has 1 saturated carbocycles. The third kappa shape index (κ3) is 4.28. The largest absolute Gasteiger partial charge is 0.468 e. The molecule has 3 atom stereocenters. The van der Waals surface area contributed by atoms with Crippen LogP contribution in [0.3, 0.4) is 0 Å². The number of alkyl carbamates (subject to hydrolysis) is 1. The van der Waals surface area contributed by atoms with Crippen molar-refractivity contribution in [2.24, 2.45) is 0 Å². The minimum absolute atomic E-state index is 0.144. The third-order valence-electron chi connectivity index (χ3n) is 2.93. The highest BCUT2D eigenvalue weighted by molar-refractivity contribution is 5.68. The van der Waals surface area contributed by atoms with Gasteiger partial charge in [-0.3, -0.25) is 0 Å². The number of carbonyl (C=O) groups excluding carboxylic acids is 1. The van der Waals surface area contributed by atoms with Gasteiger partial charge in [-0.05, 0) is 46.2 Å². The summed E-state index contributed by atoms with van der Waals surface area (Å²) in [4.78, 5) is 11.6. The van der Waals surface area contributed by atoms with Crippen molar-refractivity contribution in [3.8, 4) is 0 Å². The van der Waals surface area contributed by atoms with E-state index in [1.165, 1.54) is 0 Å². The predicted molar refractivity (Wildman–Crippen MR) is 71.8 cm³/mol. The zero-order chi connectivity index (χ0) is 14.0. The van der Waals surface area contributed by atoms with E-state index in [0.717, 1.165) is 12.2 Å². The number of carbonyl (C=O) groups is 1. The van der Waals surface area contributed by atoms with Crippen LogP contribution in [-0.2, 0) is 4.74 Å². The zero-order valence-corrected chi connectivity index (χ0v) is 11.9. The van der Waals surface area contributed by atoms with E-state index in [4.69, 9.17) is 9.15 Å². The molecule has 1 fully saturated rings. The van der Waals surface area contributed by atoms with E-state index >= 15 is 0 Å². The summed E-state index contributed by atoms with van der Waals surface area (Å²) in [5.74, 6) is 0.905. The molecule has 0 aliphatic heterocycles. The Balaban J connectivity index is 1.72. The van der Waals surface area contributed by atoms with E-state index in [1.54, 1.807) is 6.26 Å². The number of hydrogen-bond donors (Lipinski definition) is 2. The third-order valence-corrected chi connectivity index (χ3v) is 2.93. The van der Waals surface area contributed by atoms with Gasteiger partial charge in [-0.1, -0.05) is 0 Å². The molecule has 5 nitrogen and oxygen atoms in total. The van der Waals surface area contributed by atoms with E-state index in [-0.39, 0.29) is 24.2 Å². The molecule has 106 valence electrons. The summed E-state index contributed by atoms with van der Waals surface area (Å²) >= 11 is 0. The van der Waals surface area contributed by atoms with Gasteiger partial charge < -0.3 is 19.8 Å². The van der Waals surface area contributed by atoms with Crippen LogP contribution >= 0.6 is 0 Å². The first-order chi connectivity index (χ1) is 8.85. The Kier molecular flexibility index (Phi) is 3.85. The fourth-order valence-electron chi connectivity index (χ4n) is 1.94. The second-order valence-corrected chi connectivity index (χ2v) is 6.00. The Hall–Kier alpha value is -1.49. The van der Waals surface area contributed by atoms with Gasteiger partial charge in [0.1, 0.15) is 11.4 Å². The fraction of sp³-hybridized carbons (Fsp3) is 0.643. The molecular formula is C14H22N2O3. The highest BCUT2D eigenvalue weighted by Crippen LogP contribution is 2.25. The minimum Gasteiger partial charge on any atom is -0.468 e. The molecule has 5 heteroatoms. The van der Waals surface area contributed by atoms with Crippen LogP contribution in [0.15, 0.2) is 22.8 Å². The maximum atomic E-state index is 11.6. The van der Waals surface area contributed by atoms with Crippen LogP contribution in [0.1, 0.15) is 45.9 Å². The van der Waals surface area contributed by atoms with Gasteiger partial charge in [0.25, 0.3) is 0 Å². The van der Waals surface area contributed by atoms with Gasteiger partial charge >= 0.3 is 6.09 Å². The Bertz CT molecular complexity index is 422. The molecule has 19 heavy (non-hydrogen) atoms.